The van der Waals surface area contributed by atoms with E-state index in [9.17, 15) is 18.0 Å². The van der Waals surface area contributed by atoms with Crippen LogP contribution in [0.2, 0.25) is 5.15 Å². The zero-order chi connectivity index (χ0) is 21.6. The van der Waals surface area contributed by atoms with E-state index >= 15 is 0 Å². The summed E-state index contributed by atoms with van der Waals surface area (Å²) < 4.78 is 41.3. The number of rotatable bonds is 4. The van der Waals surface area contributed by atoms with E-state index in [1.165, 1.54) is 16.8 Å². The Balaban J connectivity index is 1.85. The van der Waals surface area contributed by atoms with Gasteiger partial charge >= 0.3 is 6.18 Å². The highest BCUT2D eigenvalue weighted by molar-refractivity contribution is 6.30. The third-order valence-corrected chi connectivity index (χ3v) is 5.47. The topological polar surface area (TPSA) is 59.8 Å². The number of alkyl halides is 3. The number of carbonyl (C=O) groups is 1. The molecule has 2 aromatic heterocycles. The minimum Gasteiger partial charge on any atom is -0.345 e. The molecule has 0 saturated carbocycles. The molecule has 0 saturated heterocycles. The number of aryl methyl sites for hydroxylation is 1. The van der Waals surface area contributed by atoms with Gasteiger partial charge in [0.15, 0.2) is 0 Å². The number of fused-ring (bicyclic) bond motifs is 1. The van der Waals surface area contributed by atoms with Gasteiger partial charge in [-0.1, -0.05) is 17.7 Å². The summed E-state index contributed by atoms with van der Waals surface area (Å²) in [7, 11) is 1.70. The van der Waals surface area contributed by atoms with Crippen molar-refractivity contribution in [3.63, 3.8) is 0 Å². The van der Waals surface area contributed by atoms with Crippen LogP contribution in [0.5, 0.6) is 0 Å². The van der Waals surface area contributed by atoms with Crippen LogP contribution in [0, 0.1) is 0 Å². The Bertz CT molecular complexity index is 1080. The molecule has 154 valence electrons. The molecule has 0 aliphatic carbocycles. The van der Waals surface area contributed by atoms with Crippen molar-refractivity contribution in [1.82, 2.24) is 20.1 Å². The summed E-state index contributed by atoms with van der Waals surface area (Å²) in [6, 6.07) is 7.19. The normalized spacial score (nSPS) is 13.5. The number of hydrogen-bond donors (Lipinski definition) is 1. The van der Waals surface area contributed by atoms with Crippen molar-refractivity contribution < 1.29 is 18.0 Å². The Morgan fingerprint density at radius 3 is 2.48 bits per heavy atom. The number of halogens is 4. The van der Waals surface area contributed by atoms with Crippen LogP contribution in [-0.4, -0.2) is 26.8 Å². The molecule has 1 atom stereocenters. The van der Waals surface area contributed by atoms with Crippen molar-refractivity contribution >= 4 is 28.4 Å². The predicted octanol–water partition coefficient (Wildman–Crippen LogP) is 4.95. The molecule has 0 fully saturated rings. The molecule has 29 heavy (non-hydrogen) atoms. The van der Waals surface area contributed by atoms with Gasteiger partial charge in [0.2, 0.25) is 0 Å². The van der Waals surface area contributed by atoms with Crippen molar-refractivity contribution in [2.24, 2.45) is 7.05 Å². The Hall–Kier alpha value is -2.61. The monoisotopic (exact) mass is 424 g/mol. The minimum atomic E-state index is -4.42. The first-order chi connectivity index (χ1) is 13.4. The highest BCUT2D eigenvalue weighted by Gasteiger charge is 2.49. The zero-order valence-electron chi connectivity index (χ0n) is 16.3. The van der Waals surface area contributed by atoms with Crippen LogP contribution in [0.1, 0.15) is 48.4 Å². The summed E-state index contributed by atoms with van der Waals surface area (Å²) in [6.45, 7) is 3.97. The number of nitrogens with zero attached hydrogens (tertiary/aromatic N) is 3. The number of nitrogens with one attached hydrogen (secondary N) is 1. The van der Waals surface area contributed by atoms with Gasteiger partial charge in [-0.05, 0) is 45.0 Å². The maximum Gasteiger partial charge on any atom is 0.399 e. The quantitative estimate of drug-likeness (QED) is 0.644. The van der Waals surface area contributed by atoms with Crippen molar-refractivity contribution in [3.05, 3.63) is 58.5 Å². The molecule has 5 nitrogen and oxygen atoms in total. The van der Waals surface area contributed by atoms with Crippen LogP contribution in [0.25, 0.3) is 10.9 Å². The third kappa shape index (κ3) is 3.94. The molecule has 9 heteroatoms. The second-order valence-corrected chi connectivity index (χ2v) is 7.79. The van der Waals surface area contributed by atoms with Crippen molar-refractivity contribution in [3.8, 4) is 0 Å². The summed E-state index contributed by atoms with van der Waals surface area (Å²) in [5, 5.41) is 7.90. The van der Waals surface area contributed by atoms with Gasteiger partial charge in [0, 0.05) is 23.6 Å². The molecule has 0 radical (unpaired) electrons. The fraction of sp³-hybridized carbons (Fsp3) is 0.350. The molecule has 1 aromatic carbocycles. The molecular weight excluding hydrogens is 405 g/mol. The molecule has 0 bridgehead atoms. The summed E-state index contributed by atoms with van der Waals surface area (Å²) in [4.78, 5) is 16.8. The minimum absolute atomic E-state index is 0.0745. The standard InChI is InChI=1S/C20H20ClF3N4O/c1-11(14-10-25-28(4)17(14)21)26-18(29)13-5-7-15-12(9-13)6-8-16(27-15)19(2,3)20(22,23)24/h5-11H,1-4H3,(H,26,29)/t11-/m1/s1. The van der Waals surface area contributed by atoms with Crippen LogP contribution in [0.4, 0.5) is 13.2 Å². The van der Waals surface area contributed by atoms with Crippen LogP contribution in [-0.2, 0) is 12.5 Å². The lowest BCUT2D eigenvalue weighted by Gasteiger charge is -2.27. The average molecular weight is 425 g/mol. The van der Waals surface area contributed by atoms with E-state index in [0.717, 1.165) is 13.8 Å². The largest absolute Gasteiger partial charge is 0.399 e. The Kier molecular flexibility index (Phi) is 5.34. The zero-order valence-corrected chi connectivity index (χ0v) is 17.1. The van der Waals surface area contributed by atoms with E-state index < -0.39 is 11.6 Å². The predicted molar refractivity (Wildman–Crippen MR) is 105 cm³/mol. The molecule has 1 N–H and O–H groups in total. The van der Waals surface area contributed by atoms with Gasteiger partial charge in [0.1, 0.15) is 10.6 Å². The summed E-state index contributed by atoms with van der Waals surface area (Å²) in [6.07, 6.45) is -2.83. The first-order valence-corrected chi connectivity index (χ1v) is 9.26. The van der Waals surface area contributed by atoms with Crippen molar-refractivity contribution in [2.45, 2.75) is 38.4 Å². The highest BCUT2D eigenvalue weighted by atomic mass is 35.5. The van der Waals surface area contributed by atoms with E-state index in [1.807, 2.05) is 0 Å². The molecule has 3 aromatic rings. The Labute approximate surface area is 170 Å². The van der Waals surface area contributed by atoms with E-state index in [0.29, 0.717) is 27.2 Å². The van der Waals surface area contributed by atoms with E-state index in [4.69, 9.17) is 11.6 Å². The van der Waals surface area contributed by atoms with E-state index in [1.54, 1.807) is 38.4 Å². The number of benzene rings is 1. The lowest BCUT2D eigenvalue weighted by molar-refractivity contribution is -0.181. The average Bonchev–Trinajstić information content (AvgIpc) is 2.98. The van der Waals surface area contributed by atoms with Gasteiger partial charge in [-0.2, -0.15) is 18.3 Å². The molecular formula is C20H20ClF3N4O. The van der Waals surface area contributed by atoms with Gasteiger partial charge in [0.25, 0.3) is 5.91 Å². The first kappa shape index (κ1) is 21.1. The number of carbonyl (C=O) groups excluding carboxylic acids is 1. The molecule has 0 aliphatic heterocycles. The molecule has 1 amide bonds. The molecule has 0 spiro atoms. The summed E-state index contributed by atoms with van der Waals surface area (Å²) in [5.41, 5.74) is -0.706. The maximum absolute atomic E-state index is 13.3. The molecule has 0 aliphatic rings. The summed E-state index contributed by atoms with van der Waals surface area (Å²) >= 11 is 6.16. The lowest BCUT2D eigenvalue weighted by atomic mass is 9.87. The van der Waals surface area contributed by atoms with Crippen LogP contribution >= 0.6 is 11.6 Å². The molecule has 2 heterocycles. The van der Waals surface area contributed by atoms with Gasteiger partial charge in [-0.15, -0.1) is 0 Å². The number of aromatic nitrogens is 3. The van der Waals surface area contributed by atoms with Crippen molar-refractivity contribution in [1.29, 1.82) is 0 Å². The number of hydrogen-bond acceptors (Lipinski definition) is 3. The van der Waals surface area contributed by atoms with Crippen LogP contribution < -0.4 is 5.32 Å². The van der Waals surface area contributed by atoms with E-state index in [-0.39, 0.29) is 17.6 Å². The summed E-state index contributed by atoms with van der Waals surface area (Å²) in [5.74, 6) is -0.334. The Morgan fingerprint density at radius 1 is 1.21 bits per heavy atom. The third-order valence-electron chi connectivity index (χ3n) is 5.01. The fourth-order valence-corrected chi connectivity index (χ4v) is 3.10. The first-order valence-electron chi connectivity index (χ1n) is 8.88. The molecule has 3 rings (SSSR count). The second kappa shape index (κ2) is 7.33. The second-order valence-electron chi connectivity index (χ2n) is 7.44. The lowest BCUT2D eigenvalue weighted by Crippen LogP contribution is -2.37. The SMILES string of the molecule is C[C@@H](NC(=O)c1ccc2nc(C(C)(C)C(F)(F)F)ccc2c1)c1cnn(C)c1Cl. The fourth-order valence-electron chi connectivity index (χ4n) is 2.85. The van der Waals surface area contributed by atoms with E-state index in [2.05, 4.69) is 15.4 Å². The van der Waals surface area contributed by atoms with Crippen LogP contribution in [0.3, 0.4) is 0 Å². The smallest absolute Gasteiger partial charge is 0.345 e. The highest BCUT2D eigenvalue weighted by Crippen LogP contribution is 2.40. The van der Waals surface area contributed by atoms with Crippen LogP contribution in [0.15, 0.2) is 36.5 Å². The number of pyridine rings is 1. The number of amides is 1. The van der Waals surface area contributed by atoms with Gasteiger partial charge in [0.05, 0.1) is 23.4 Å². The Morgan fingerprint density at radius 2 is 1.90 bits per heavy atom. The van der Waals surface area contributed by atoms with Crippen molar-refractivity contribution in [2.75, 3.05) is 0 Å². The van der Waals surface area contributed by atoms with Gasteiger partial charge in [-0.25, -0.2) is 0 Å². The maximum atomic E-state index is 13.3. The molecule has 0 unspecified atom stereocenters. The van der Waals surface area contributed by atoms with Gasteiger partial charge < -0.3 is 5.32 Å². The van der Waals surface area contributed by atoms with Gasteiger partial charge in [-0.3, -0.25) is 14.5 Å².